The number of carbonyl (C=O) groups is 1. The van der Waals surface area contributed by atoms with Crippen molar-refractivity contribution in [3.05, 3.63) is 72.3 Å². The molecule has 0 fully saturated rings. The van der Waals surface area contributed by atoms with Crippen LogP contribution in [0.1, 0.15) is 17.3 Å². The van der Waals surface area contributed by atoms with Crippen LogP contribution in [0.5, 0.6) is 0 Å². The quantitative estimate of drug-likeness (QED) is 0.397. The van der Waals surface area contributed by atoms with Gasteiger partial charge in [-0.3, -0.25) is 4.79 Å². The Morgan fingerprint density at radius 3 is 2.41 bits per heavy atom. The minimum atomic E-state index is -3.64. The Kier molecular flexibility index (Phi) is 6.27. The molecule has 1 aromatic heterocycles. The Balaban J connectivity index is 1.56. The second-order valence-corrected chi connectivity index (χ2v) is 9.13. The normalized spacial score (nSPS) is 11.8. The molecule has 32 heavy (non-hydrogen) atoms. The predicted octanol–water partition coefficient (Wildman–Crippen LogP) is 3.99. The Morgan fingerprint density at radius 1 is 0.969 bits per heavy atom. The zero-order valence-electron chi connectivity index (χ0n) is 18.0. The lowest BCUT2D eigenvalue weighted by molar-refractivity contribution is 0.102. The number of fused-ring (bicyclic) bond motifs is 3. The number of carbonyl (C=O) groups excluding carboxylic acids is 1. The number of hydrogen-bond acceptors (Lipinski definition) is 4. The highest BCUT2D eigenvalue weighted by molar-refractivity contribution is 7.89. The topological polar surface area (TPSA) is 89.4 Å². The number of benzene rings is 3. The van der Waals surface area contributed by atoms with Crippen LogP contribution in [0, 0.1) is 0 Å². The van der Waals surface area contributed by atoms with Crippen molar-refractivity contribution in [1.29, 1.82) is 0 Å². The number of nitrogens with one attached hydrogen (secondary N) is 2. The van der Waals surface area contributed by atoms with Crippen LogP contribution < -0.4 is 10.0 Å². The van der Waals surface area contributed by atoms with Crippen molar-refractivity contribution >= 4 is 43.4 Å². The predicted molar refractivity (Wildman–Crippen MR) is 127 cm³/mol. The lowest BCUT2D eigenvalue weighted by Crippen LogP contribution is -2.27. The van der Waals surface area contributed by atoms with E-state index in [0.29, 0.717) is 11.3 Å². The van der Waals surface area contributed by atoms with E-state index in [4.69, 9.17) is 4.74 Å². The van der Waals surface area contributed by atoms with E-state index in [0.717, 1.165) is 28.4 Å². The van der Waals surface area contributed by atoms with Crippen LogP contribution in [-0.2, 0) is 21.3 Å². The van der Waals surface area contributed by atoms with Gasteiger partial charge < -0.3 is 14.6 Å². The first-order valence-electron chi connectivity index (χ1n) is 10.4. The molecule has 0 bridgehead atoms. The van der Waals surface area contributed by atoms with Gasteiger partial charge in [0.25, 0.3) is 5.91 Å². The number of methoxy groups -OCH3 is 1. The van der Waals surface area contributed by atoms with Crippen LogP contribution in [-0.4, -0.2) is 39.2 Å². The van der Waals surface area contributed by atoms with Gasteiger partial charge in [-0.1, -0.05) is 18.2 Å². The van der Waals surface area contributed by atoms with Gasteiger partial charge in [-0.25, -0.2) is 13.1 Å². The zero-order chi connectivity index (χ0) is 22.7. The van der Waals surface area contributed by atoms with E-state index < -0.39 is 10.0 Å². The zero-order valence-corrected chi connectivity index (χ0v) is 18.8. The van der Waals surface area contributed by atoms with Crippen LogP contribution in [0.4, 0.5) is 5.69 Å². The average Bonchev–Trinajstić information content (AvgIpc) is 3.12. The fourth-order valence-corrected chi connectivity index (χ4v) is 4.84. The molecule has 8 heteroatoms. The van der Waals surface area contributed by atoms with Gasteiger partial charge in [0, 0.05) is 53.3 Å². The fraction of sp³-hybridized carbons (Fsp3) is 0.208. The summed E-state index contributed by atoms with van der Waals surface area (Å²) in [5, 5.41) is 5.12. The van der Waals surface area contributed by atoms with Gasteiger partial charge in [0.05, 0.1) is 11.5 Å². The summed E-state index contributed by atoms with van der Waals surface area (Å²) in [5.74, 6) is -0.306. The van der Waals surface area contributed by atoms with Crippen molar-refractivity contribution in [2.75, 3.05) is 25.6 Å². The summed E-state index contributed by atoms with van der Waals surface area (Å²) in [7, 11) is -2.14. The van der Waals surface area contributed by atoms with E-state index >= 15 is 0 Å². The highest BCUT2D eigenvalue weighted by atomic mass is 32.2. The van der Waals surface area contributed by atoms with Crippen molar-refractivity contribution in [2.24, 2.45) is 0 Å². The van der Waals surface area contributed by atoms with Crippen LogP contribution in [0.15, 0.2) is 71.6 Å². The maximum absolute atomic E-state index is 12.7. The van der Waals surface area contributed by atoms with Gasteiger partial charge >= 0.3 is 0 Å². The van der Waals surface area contributed by atoms with Crippen molar-refractivity contribution < 1.29 is 17.9 Å². The first-order valence-corrected chi connectivity index (χ1v) is 11.8. The Morgan fingerprint density at radius 2 is 1.69 bits per heavy atom. The SMILES string of the molecule is CCn1c2ccccc2c2cc(NC(=O)c3ccc(S(=O)(=O)NCCOC)cc3)ccc21. The third-order valence-electron chi connectivity index (χ3n) is 5.37. The molecule has 4 aromatic rings. The molecule has 7 nitrogen and oxygen atoms in total. The molecular formula is C24H25N3O4S. The number of hydrogen-bond donors (Lipinski definition) is 2. The molecule has 4 rings (SSSR count). The van der Waals surface area contributed by atoms with Gasteiger partial charge in [-0.05, 0) is 55.5 Å². The molecule has 2 N–H and O–H groups in total. The number of aromatic nitrogens is 1. The maximum atomic E-state index is 12.7. The lowest BCUT2D eigenvalue weighted by Gasteiger charge is -2.09. The van der Waals surface area contributed by atoms with E-state index in [2.05, 4.69) is 33.7 Å². The number of aryl methyl sites for hydroxylation is 1. The van der Waals surface area contributed by atoms with Gasteiger partial charge in [0.1, 0.15) is 0 Å². The molecule has 0 radical (unpaired) electrons. The molecule has 0 aliphatic carbocycles. The molecule has 166 valence electrons. The van der Waals surface area contributed by atoms with Gasteiger partial charge in [0.2, 0.25) is 10.0 Å². The number of rotatable bonds is 8. The fourth-order valence-electron chi connectivity index (χ4n) is 3.82. The number of nitrogens with zero attached hydrogens (tertiary/aromatic N) is 1. The minimum Gasteiger partial charge on any atom is -0.383 e. The Bertz CT molecular complexity index is 1380. The molecule has 3 aromatic carbocycles. The molecule has 0 spiro atoms. The summed E-state index contributed by atoms with van der Waals surface area (Å²) in [6, 6.07) is 19.9. The van der Waals surface area contributed by atoms with Crippen molar-refractivity contribution in [2.45, 2.75) is 18.4 Å². The van der Waals surface area contributed by atoms with E-state index in [-0.39, 0.29) is 24.0 Å². The minimum absolute atomic E-state index is 0.0962. The van der Waals surface area contributed by atoms with Crippen molar-refractivity contribution in [3.8, 4) is 0 Å². The second kappa shape index (κ2) is 9.12. The van der Waals surface area contributed by atoms with Crippen LogP contribution in [0.2, 0.25) is 0 Å². The first-order chi connectivity index (χ1) is 15.4. The monoisotopic (exact) mass is 451 g/mol. The molecular weight excluding hydrogens is 426 g/mol. The summed E-state index contributed by atoms with van der Waals surface area (Å²) < 4.78 is 34.1. The molecule has 0 atom stereocenters. The third kappa shape index (κ3) is 4.25. The van der Waals surface area contributed by atoms with E-state index in [1.165, 1.54) is 31.4 Å². The molecule has 1 amide bonds. The molecule has 1 heterocycles. The third-order valence-corrected chi connectivity index (χ3v) is 6.85. The molecule has 0 aliphatic heterocycles. The standard InChI is InChI=1S/C24H25N3O4S/c1-3-27-22-7-5-4-6-20(22)21-16-18(10-13-23(21)27)26-24(28)17-8-11-19(12-9-17)32(29,30)25-14-15-31-2/h4-13,16,25H,3,14-15H2,1-2H3,(H,26,28). The maximum Gasteiger partial charge on any atom is 0.255 e. The molecule has 0 unspecified atom stereocenters. The number of para-hydroxylation sites is 1. The second-order valence-electron chi connectivity index (χ2n) is 7.36. The Hall–Kier alpha value is -3.20. The summed E-state index contributed by atoms with van der Waals surface area (Å²) in [6.07, 6.45) is 0. The van der Waals surface area contributed by atoms with Crippen molar-refractivity contribution in [3.63, 3.8) is 0 Å². The van der Waals surface area contributed by atoms with E-state index in [1.54, 1.807) is 0 Å². The highest BCUT2D eigenvalue weighted by Gasteiger charge is 2.15. The lowest BCUT2D eigenvalue weighted by atomic mass is 10.1. The smallest absolute Gasteiger partial charge is 0.255 e. The number of ether oxygens (including phenoxy) is 1. The number of anilines is 1. The Labute approximate surface area is 187 Å². The van der Waals surface area contributed by atoms with Crippen LogP contribution >= 0.6 is 0 Å². The van der Waals surface area contributed by atoms with Gasteiger partial charge in [-0.2, -0.15) is 0 Å². The van der Waals surface area contributed by atoms with Crippen molar-refractivity contribution in [1.82, 2.24) is 9.29 Å². The van der Waals surface area contributed by atoms with Crippen LogP contribution in [0.25, 0.3) is 21.8 Å². The summed E-state index contributed by atoms with van der Waals surface area (Å²) in [4.78, 5) is 12.8. The van der Waals surface area contributed by atoms with E-state index in [9.17, 15) is 13.2 Å². The molecule has 0 saturated heterocycles. The summed E-state index contributed by atoms with van der Waals surface area (Å²) in [6.45, 7) is 3.42. The van der Waals surface area contributed by atoms with Gasteiger partial charge in [0.15, 0.2) is 0 Å². The van der Waals surface area contributed by atoms with Gasteiger partial charge in [-0.15, -0.1) is 0 Å². The van der Waals surface area contributed by atoms with E-state index in [1.807, 2.05) is 30.3 Å². The summed E-state index contributed by atoms with van der Waals surface area (Å²) >= 11 is 0. The number of sulfonamides is 1. The highest BCUT2D eigenvalue weighted by Crippen LogP contribution is 2.31. The summed E-state index contributed by atoms with van der Waals surface area (Å²) in [5.41, 5.74) is 3.32. The number of amides is 1. The molecule has 0 saturated carbocycles. The van der Waals surface area contributed by atoms with Crippen LogP contribution in [0.3, 0.4) is 0 Å². The average molecular weight is 452 g/mol. The first kappa shape index (κ1) is 22.0. The molecule has 0 aliphatic rings. The largest absolute Gasteiger partial charge is 0.383 e.